The number of hydrogen-bond donors (Lipinski definition) is 1. The van der Waals surface area contributed by atoms with Crippen molar-refractivity contribution in [3.8, 4) is 6.07 Å². The van der Waals surface area contributed by atoms with Crippen molar-refractivity contribution in [1.29, 1.82) is 5.26 Å². The molecule has 142 valence electrons. The van der Waals surface area contributed by atoms with Crippen LogP contribution >= 0.6 is 11.8 Å². The summed E-state index contributed by atoms with van der Waals surface area (Å²) in [6.07, 6.45) is 0. The van der Waals surface area contributed by atoms with Gasteiger partial charge >= 0.3 is 0 Å². The van der Waals surface area contributed by atoms with Crippen molar-refractivity contribution in [2.75, 3.05) is 5.32 Å². The number of pyridine rings is 1. The molecule has 1 heterocycles. The number of amides is 1. The van der Waals surface area contributed by atoms with E-state index in [0.717, 1.165) is 33.6 Å². The number of aryl methyl sites for hydroxylation is 2. The second-order valence-corrected chi connectivity index (χ2v) is 8.51. The minimum Gasteiger partial charge on any atom is -0.325 e. The van der Waals surface area contributed by atoms with Gasteiger partial charge in [-0.1, -0.05) is 43.8 Å². The maximum Gasteiger partial charge on any atom is 0.237 e. The van der Waals surface area contributed by atoms with Gasteiger partial charge in [0.05, 0.1) is 10.8 Å². The highest BCUT2D eigenvalue weighted by Crippen LogP contribution is 2.31. The van der Waals surface area contributed by atoms with Gasteiger partial charge in [0.2, 0.25) is 5.91 Å². The fourth-order valence-electron chi connectivity index (χ4n) is 2.92. The van der Waals surface area contributed by atoms with Gasteiger partial charge in [0, 0.05) is 11.4 Å². The van der Waals surface area contributed by atoms with E-state index in [2.05, 4.69) is 30.2 Å². The SMILES string of the molecule is Cc1cccc(C(C)C)c1NC(=O)C(C)Sc1nc(C)c(C)c(C)c1C#N. The van der Waals surface area contributed by atoms with E-state index < -0.39 is 0 Å². The number of para-hydroxylation sites is 1. The van der Waals surface area contributed by atoms with Crippen molar-refractivity contribution in [3.63, 3.8) is 0 Å². The Morgan fingerprint density at radius 2 is 1.81 bits per heavy atom. The van der Waals surface area contributed by atoms with Gasteiger partial charge in [-0.15, -0.1) is 0 Å². The van der Waals surface area contributed by atoms with E-state index in [1.807, 2.05) is 52.8 Å². The topological polar surface area (TPSA) is 65.8 Å². The monoisotopic (exact) mass is 381 g/mol. The third-order valence-corrected chi connectivity index (χ3v) is 5.99. The number of thioether (sulfide) groups is 1. The average molecular weight is 382 g/mol. The summed E-state index contributed by atoms with van der Waals surface area (Å²) in [4.78, 5) is 17.4. The predicted octanol–water partition coefficient (Wildman–Crippen LogP) is 5.43. The van der Waals surface area contributed by atoms with Crippen molar-refractivity contribution in [2.24, 2.45) is 0 Å². The minimum atomic E-state index is -0.370. The van der Waals surface area contributed by atoms with Crippen LogP contribution < -0.4 is 5.32 Å². The molecule has 0 saturated heterocycles. The zero-order valence-corrected chi connectivity index (χ0v) is 17.9. The van der Waals surface area contributed by atoms with Gasteiger partial charge in [0.1, 0.15) is 11.1 Å². The van der Waals surface area contributed by atoms with Crippen molar-refractivity contribution in [3.05, 3.63) is 51.7 Å². The highest BCUT2D eigenvalue weighted by atomic mass is 32.2. The van der Waals surface area contributed by atoms with Gasteiger partial charge in [0.25, 0.3) is 0 Å². The molecule has 0 fully saturated rings. The predicted molar refractivity (Wildman–Crippen MR) is 112 cm³/mol. The van der Waals surface area contributed by atoms with Gasteiger partial charge in [0.15, 0.2) is 0 Å². The number of aromatic nitrogens is 1. The molecule has 0 saturated carbocycles. The molecule has 1 aromatic heterocycles. The Bertz CT molecular complexity index is 913. The molecule has 0 spiro atoms. The summed E-state index contributed by atoms with van der Waals surface area (Å²) in [5.74, 6) is 0.232. The van der Waals surface area contributed by atoms with Gasteiger partial charge in [-0.2, -0.15) is 5.26 Å². The van der Waals surface area contributed by atoms with Crippen molar-refractivity contribution in [1.82, 2.24) is 4.98 Å². The minimum absolute atomic E-state index is 0.0854. The lowest BCUT2D eigenvalue weighted by molar-refractivity contribution is -0.115. The zero-order chi connectivity index (χ0) is 20.3. The Labute approximate surface area is 166 Å². The normalized spacial score (nSPS) is 12.0. The highest BCUT2D eigenvalue weighted by molar-refractivity contribution is 8.00. The van der Waals surface area contributed by atoms with Crippen molar-refractivity contribution >= 4 is 23.4 Å². The third kappa shape index (κ3) is 4.51. The summed E-state index contributed by atoms with van der Waals surface area (Å²) >= 11 is 1.33. The second-order valence-electron chi connectivity index (χ2n) is 7.18. The number of hydrogen-bond acceptors (Lipinski definition) is 4. The van der Waals surface area contributed by atoms with Gasteiger partial charge in [-0.05, 0) is 62.8 Å². The summed E-state index contributed by atoms with van der Waals surface area (Å²) in [5, 5.41) is 12.9. The Morgan fingerprint density at radius 3 is 2.41 bits per heavy atom. The molecule has 0 radical (unpaired) electrons. The van der Waals surface area contributed by atoms with E-state index in [1.54, 1.807) is 0 Å². The molecule has 0 aliphatic heterocycles. The molecule has 1 aromatic carbocycles. The smallest absolute Gasteiger partial charge is 0.237 e. The molecule has 1 amide bonds. The molecule has 0 aliphatic carbocycles. The number of carbonyl (C=O) groups is 1. The van der Waals surface area contributed by atoms with Gasteiger partial charge < -0.3 is 5.32 Å². The van der Waals surface area contributed by atoms with Crippen molar-refractivity contribution < 1.29 is 4.79 Å². The van der Waals surface area contributed by atoms with Crippen LogP contribution in [-0.2, 0) is 4.79 Å². The first-order valence-corrected chi connectivity index (χ1v) is 10.00. The van der Waals surface area contributed by atoms with E-state index in [4.69, 9.17) is 0 Å². The molecule has 5 heteroatoms. The lowest BCUT2D eigenvalue weighted by atomic mass is 9.98. The van der Waals surface area contributed by atoms with Crippen LogP contribution in [0, 0.1) is 39.0 Å². The average Bonchev–Trinajstić information content (AvgIpc) is 2.61. The van der Waals surface area contributed by atoms with Crippen LogP contribution in [0.4, 0.5) is 5.69 Å². The van der Waals surface area contributed by atoms with E-state index in [1.165, 1.54) is 11.8 Å². The number of anilines is 1. The molecule has 27 heavy (non-hydrogen) atoms. The van der Waals surface area contributed by atoms with E-state index in [0.29, 0.717) is 16.5 Å². The maximum atomic E-state index is 12.8. The fraction of sp³-hybridized carbons (Fsp3) is 0.409. The van der Waals surface area contributed by atoms with Crippen LogP contribution in [0.5, 0.6) is 0 Å². The molecule has 2 aromatic rings. The van der Waals surface area contributed by atoms with E-state index in [9.17, 15) is 10.1 Å². The summed E-state index contributed by atoms with van der Waals surface area (Å²) in [6.45, 7) is 13.9. The Balaban J connectivity index is 2.28. The van der Waals surface area contributed by atoms with E-state index >= 15 is 0 Å². The number of nitrogens with zero attached hydrogens (tertiary/aromatic N) is 2. The molecular formula is C22H27N3OS. The van der Waals surface area contributed by atoms with Crippen LogP contribution in [0.3, 0.4) is 0 Å². The van der Waals surface area contributed by atoms with Crippen LogP contribution in [0.25, 0.3) is 0 Å². The van der Waals surface area contributed by atoms with Crippen LogP contribution in [0.2, 0.25) is 0 Å². The molecule has 1 atom stereocenters. The molecule has 1 N–H and O–H groups in total. The molecule has 2 rings (SSSR count). The summed E-state index contributed by atoms with van der Waals surface area (Å²) in [7, 11) is 0. The maximum absolute atomic E-state index is 12.8. The summed E-state index contributed by atoms with van der Waals surface area (Å²) < 4.78 is 0. The number of nitrogens with one attached hydrogen (secondary N) is 1. The van der Waals surface area contributed by atoms with Crippen LogP contribution in [0.15, 0.2) is 23.2 Å². The zero-order valence-electron chi connectivity index (χ0n) is 17.1. The number of rotatable bonds is 5. The molecular weight excluding hydrogens is 354 g/mol. The van der Waals surface area contributed by atoms with Crippen molar-refractivity contribution in [2.45, 2.75) is 64.7 Å². The molecule has 1 unspecified atom stereocenters. The Kier molecular flexibility index (Phi) is 6.67. The molecule has 4 nitrogen and oxygen atoms in total. The van der Waals surface area contributed by atoms with Gasteiger partial charge in [-0.3, -0.25) is 4.79 Å². The summed E-state index contributed by atoms with van der Waals surface area (Å²) in [6, 6.07) is 8.31. The first-order chi connectivity index (χ1) is 12.7. The summed E-state index contributed by atoms with van der Waals surface area (Å²) in [5.41, 5.74) is 6.46. The fourth-order valence-corrected chi connectivity index (χ4v) is 3.92. The number of carbonyl (C=O) groups excluding carboxylic acids is 1. The first-order valence-electron chi connectivity index (χ1n) is 9.12. The lowest BCUT2D eigenvalue weighted by Gasteiger charge is -2.19. The standard InChI is InChI=1S/C22H27N3OS/c1-12(2)18-10-8-9-13(3)20(18)25-21(26)17(7)27-22-19(11-23)15(5)14(4)16(6)24-22/h8-10,12,17H,1-7H3,(H,25,26). The Morgan fingerprint density at radius 1 is 1.15 bits per heavy atom. The largest absolute Gasteiger partial charge is 0.325 e. The Hall–Kier alpha value is -2.32. The van der Waals surface area contributed by atoms with E-state index in [-0.39, 0.29) is 11.2 Å². The van der Waals surface area contributed by atoms with Gasteiger partial charge in [-0.25, -0.2) is 4.98 Å². The molecule has 0 bridgehead atoms. The number of benzene rings is 1. The van der Waals surface area contributed by atoms with Crippen LogP contribution in [-0.4, -0.2) is 16.1 Å². The molecule has 0 aliphatic rings. The second kappa shape index (κ2) is 8.58. The third-order valence-electron chi connectivity index (χ3n) is 4.91. The lowest BCUT2D eigenvalue weighted by Crippen LogP contribution is -2.24. The number of nitriles is 1. The first kappa shape index (κ1) is 21.0. The highest BCUT2D eigenvalue weighted by Gasteiger charge is 2.21. The van der Waals surface area contributed by atoms with Crippen LogP contribution in [0.1, 0.15) is 60.2 Å². The quantitative estimate of drug-likeness (QED) is 0.701.